The van der Waals surface area contributed by atoms with Crippen LogP contribution in [0.3, 0.4) is 0 Å². The maximum atomic E-state index is 11.6. The molecule has 20 heavy (non-hydrogen) atoms. The van der Waals surface area contributed by atoms with Gasteiger partial charge in [0.2, 0.25) is 0 Å². The van der Waals surface area contributed by atoms with Crippen molar-refractivity contribution in [2.75, 3.05) is 0 Å². The topological polar surface area (TPSA) is 67.2 Å². The Labute approximate surface area is 117 Å². The lowest BCUT2D eigenvalue weighted by molar-refractivity contribution is -0.152. The Morgan fingerprint density at radius 2 is 2.05 bits per heavy atom. The smallest absolute Gasteiger partial charge is 0.331 e. The third kappa shape index (κ3) is 3.79. The van der Waals surface area contributed by atoms with Gasteiger partial charge in [0.15, 0.2) is 11.9 Å². The standard InChI is InChI=1S/C16H15NO3/c17-11-13-7-5-12(6-8-13)9-10-16(19)20-15-4-2-1-3-14(15)18/h5-10,15H,1-4H2/b10-9+/t15-/m0/s1. The van der Waals surface area contributed by atoms with Gasteiger partial charge in [-0.2, -0.15) is 5.26 Å². The number of nitriles is 1. The van der Waals surface area contributed by atoms with Crippen molar-refractivity contribution < 1.29 is 14.3 Å². The lowest BCUT2D eigenvalue weighted by Crippen LogP contribution is -2.29. The minimum atomic E-state index is -0.582. The molecule has 4 heteroatoms. The molecule has 1 aliphatic carbocycles. The molecular formula is C16H15NO3. The zero-order chi connectivity index (χ0) is 14.4. The van der Waals surface area contributed by atoms with Crippen LogP contribution in [0.1, 0.15) is 36.8 Å². The molecule has 0 unspecified atom stereocenters. The number of carbonyl (C=O) groups excluding carboxylic acids is 2. The largest absolute Gasteiger partial charge is 0.451 e. The van der Waals surface area contributed by atoms with Gasteiger partial charge in [-0.3, -0.25) is 4.79 Å². The molecule has 0 amide bonds. The van der Waals surface area contributed by atoms with Gasteiger partial charge in [0.05, 0.1) is 11.6 Å². The molecule has 0 heterocycles. The van der Waals surface area contributed by atoms with Gasteiger partial charge in [0.1, 0.15) is 0 Å². The summed E-state index contributed by atoms with van der Waals surface area (Å²) in [5, 5.41) is 8.68. The minimum Gasteiger partial charge on any atom is -0.451 e. The molecular weight excluding hydrogens is 254 g/mol. The number of nitrogens with zero attached hydrogens (tertiary/aromatic N) is 1. The van der Waals surface area contributed by atoms with Crippen LogP contribution in [0.15, 0.2) is 30.3 Å². The van der Waals surface area contributed by atoms with Crippen LogP contribution in [0.5, 0.6) is 0 Å². The van der Waals surface area contributed by atoms with Crippen molar-refractivity contribution in [2.45, 2.75) is 31.8 Å². The summed E-state index contributed by atoms with van der Waals surface area (Å²) < 4.78 is 5.14. The first-order valence-corrected chi connectivity index (χ1v) is 6.60. The van der Waals surface area contributed by atoms with E-state index in [1.165, 1.54) is 6.08 Å². The molecule has 1 aromatic rings. The molecule has 4 nitrogen and oxygen atoms in total. The van der Waals surface area contributed by atoms with Gasteiger partial charge >= 0.3 is 5.97 Å². The highest BCUT2D eigenvalue weighted by Gasteiger charge is 2.24. The van der Waals surface area contributed by atoms with E-state index in [9.17, 15) is 9.59 Å². The van der Waals surface area contributed by atoms with Crippen molar-refractivity contribution in [2.24, 2.45) is 0 Å². The van der Waals surface area contributed by atoms with Gasteiger partial charge in [0, 0.05) is 12.5 Å². The fraction of sp³-hybridized carbons (Fsp3) is 0.312. The highest BCUT2D eigenvalue weighted by Crippen LogP contribution is 2.17. The number of ketones is 1. The van der Waals surface area contributed by atoms with E-state index in [1.807, 2.05) is 6.07 Å². The predicted octanol–water partition coefficient (Wildman–Crippen LogP) is 2.63. The Hall–Kier alpha value is -2.41. The van der Waals surface area contributed by atoms with Gasteiger partial charge in [-0.15, -0.1) is 0 Å². The minimum absolute atomic E-state index is 0.0105. The number of hydrogen-bond acceptors (Lipinski definition) is 4. The monoisotopic (exact) mass is 269 g/mol. The second kappa shape index (κ2) is 6.67. The van der Waals surface area contributed by atoms with Crippen LogP contribution in [-0.4, -0.2) is 17.9 Å². The Morgan fingerprint density at radius 1 is 1.30 bits per heavy atom. The molecule has 1 aliphatic rings. The molecule has 0 saturated heterocycles. The summed E-state index contributed by atoms with van der Waals surface area (Å²) >= 11 is 0. The summed E-state index contributed by atoms with van der Waals surface area (Å²) in [4.78, 5) is 23.2. The quantitative estimate of drug-likeness (QED) is 0.625. The van der Waals surface area contributed by atoms with Crippen molar-refractivity contribution in [3.63, 3.8) is 0 Å². The highest BCUT2D eigenvalue weighted by atomic mass is 16.5. The predicted molar refractivity (Wildman–Crippen MR) is 73.5 cm³/mol. The molecule has 0 spiro atoms. The maximum absolute atomic E-state index is 11.6. The van der Waals surface area contributed by atoms with E-state index in [2.05, 4.69) is 0 Å². The maximum Gasteiger partial charge on any atom is 0.331 e. The van der Waals surface area contributed by atoms with E-state index in [1.54, 1.807) is 30.3 Å². The Morgan fingerprint density at radius 3 is 2.70 bits per heavy atom. The average molecular weight is 269 g/mol. The summed E-state index contributed by atoms with van der Waals surface area (Å²) in [6.45, 7) is 0. The summed E-state index contributed by atoms with van der Waals surface area (Å²) in [5.74, 6) is -0.494. The van der Waals surface area contributed by atoms with Gasteiger partial charge in [-0.25, -0.2) is 4.79 Å². The number of hydrogen-bond donors (Lipinski definition) is 0. The molecule has 1 aromatic carbocycles. The third-order valence-electron chi connectivity index (χ3n) is 3.21. The molecule has 0 N–H and O–H groups in total. The summed E-state index contributed by atoms with van der Waals surface area (Å²) in [6, 6.07) is 8.87. The van der Waals surface area contributed by atoms with Crippen molar-refractivity contribution in [1.82, 2.24) is 0 Å². The van der Waals surface area contributed by atoms with Gasteiger partial charge in [0.25, 0.3) is 0 Å². The van der Waals surface area contributed by atoms with Crippen molar-refractivity contribution in [3.05, 3.63) is 41.5 Å². The van der Waals surface area contributed by atoms with Crippen LogP contribution in [0, 0.1) is 11.3 Å². The van der Waals surface area contributed by atoms with E-state index in [-0.39, 0.29) is 5.78 Å². The number of benzene rings is 1. The first-order chi connectivity index (χ1) is 9.69. The van der Waals surface area contributed by atoms with E-state index in [4.69, 9.17) is 10.00 Å². The molecule has 1 atom stereocenters. The summed E-state index contributed by atoms with van der Waals surface area (Å²) in [6.07, 6.45) is 5.26. The molecule has 0 radical (unpaired) electrons. The fourth-order valence-electron chi connectivity index (χ4n) is 2.09. The molecule has 0 aromatic heterocycles. The summed E-state index contributed by atoms with van der Waals surface area (Å²) in [5.41, 5.74) is 1.37. The number of esters is 1. The van der Waals surface area contributed by atoms with Crippen molar-refractivity contribution >= 4 is 17.8 Å². The van der Waals surface area contributed by atoms with Crippen molar-refractivity contribution in [1.29, 1.82) is 5.26 Å². The van der Waals surface area contributed by atoms with Gasteiger partial charge < -0.3 is 4.74 Å². The normalized spacial score (nSPS) is 18.8. The van der Waals surface area contributed by atoms with Crippen LogP contribution >= 0.6 is 0 Å². The zero-order valence-corrected chi connectivity index (χ0v) is 11.0. The van der Waals surface area contributed by atoms with Crippen LogP contribution in [0.25, 0.3) is 6.08 Å². The molecule has 0 aliphatic heterocycles. The van der Waals surface area contributed by atoms with E-state index >= 15 is 0 Å². The lowest BCUT2D eigenvalue weighted by Gasteiger charge is -2.19. The van der Waals surface area contributed by atoms with Crippen LogP contribution in [0.4, 0.5) is 0 Å². The highest BCUT2D eigenvalue weighted by molar-refractivity contribution is 5.91. The van der Waals surface area contributed by atoms with E-state index in [0.717, 1.165) is 18.4 Å². The Balaban J connectivity index is 1.91. The molecule has 2 rings (SSSR count). The van der Waals surface area contributed by atoms with Crippen molar-refractivity contribution in [3.8, 4) is 6.07 Å². The third-order valence-corrected chi connectivity index (χ3v) is 3.21. The van der Waals surface area contributed by atoms with E-state index in [0.29, 0.717) is 18.4 Å². The molecule has 1 fully saturated rings. The number of Topliss-reactive ketones (excluding diaryl/α,β-unsaturated/α-hetero) is 1. The fourth-order valence-corrected chi connectivity index (χ4v) is 2.09. The second-order valence-corrected chi connectivity index (χ2v) is 4.70. The first-order valence-electron chi connectivity index (χ1n) is 6.60. The first kappa shape index (κ1) is 14.0. The van der Waals surface area contributed by atoms with Crippen LogP contribution < -0.4 is 0 Å². The SMILES string of the molecule is N#Cc1ccc(/C=C/C(=O)O[C@H]2CCCCC2=O)cc1. The molecule has 102 valence electrons. The average Bonchev–Trinajstić information content (AvgIpc) is 2.48. The van der Waals surface area contributed by atoms with Gasteiger partial charge in [-0.05, 0) is 43.0 Å². The Bertz CT molecular complexity index is 566. The van der Waals surface area contributed by atoms with Gasteiger partial charge in [-0.1, -0.05) is 12.1 Å². The van der Waals surface area contributed by atoms with Crippen LogP contribution in [-0.2, 0) is 14.3 Å². The number of rotatable bonds is 3. The zero-order valence-electron chi connectivity index (χ0n) is 11.0. The number of ether oxygens (including phenoxy) is 1. The lowest BCUT2D eigenvalue weighted by atomic mass is 9.96. The number of carbonyl (C=O) groups is 2. The summed E-state index contributed by atoms with van der Waals surface area (Å²) in [7, 11) is 0. The van der Waals surface area contributed by atoms with Crippen LogP contribution in [0.2, 0.25) is 0 Å². The van der Waals surface area contributed by atoms with E-state index < -0.39 is 12.1 Å². The molecule has 0 bridgehead atoms. The molecule has 1 saturated carbocycles. The Kier molecular flexibility index (Phi) is 4.67. The second-order valence-electron chi connectivity index (χ2n) is 4.70.